The van der Waals surface area contributed by atoms with Gasteiger partial charge in [0.05, 0.1) is 36.1 Å². The van der Waals surface area contributed by atoms with Crippen LogP contribution in [0.15, 0.2) is 29.6 Å². The van der Waals surface area contributed by atoms with E-state index >= 15 is 0 Å². The van der Waals surface area contributed by atoms with Crippen molar-refractivity contribution in [2.75, 3.05) is 32.1 Å². The summed E-state index contributed by atoms with van der Waals surface area (Å²) in [6, 6.07) is 8.49. The molecule has 0 bridgehead atoms. The van der Waals surface area contributed by atoms with Crippen molar-refractivity contribution in [3.8, 4) is 5.75 Å². The minimum atomic E-state index is 0.0467. The maximum atomic E-state index is 6.29. The van der Waals surface area contributed by atoms with Gasteiger partial charge >= 0.3 is 0 Å². The van der Waals surface area contributed by atoms with E-state index < -0.39 is 0 Å². The monoisotopic (exact) mass is 373 g/mol. The first-order chi connectivity index (χ1) is 12.6. The molecule has 2 aliphatic rings. The molecule has 0 unspecified atom stereocenters. The zero-order valence-corrected chi connectivity index (χ0v) is 16.3. The van der Waals surface area contributed by atoms with Crippen molar-refractivity contribution in [3.63, 3.8) is 0 Å². The number of thiazole rings is 1. The molecule has 1 spiro atoms. The van der Waals surface area contributed by atoms with Gasteiger partial charge in [0.15, 0.2) is 0 Å². The summed E-state index contributed by atoms with van der Waals surface area (Å²) in [5, 5.41) is 6.95. The van der Waals surface area contributed by atoms with Crippen molar-refractivity contribution in [3.05, 3.63) is 40.3 Å². The van der Waals surface area contributed by atoms with Crippen LogP contribution in [0.5, 0.6) is 5.75 Å². The molecular weight excluding hydrogens is 346 g/mol. The third kappa shape index (κ3) is 4.03. The first-order valence-electron chi connectivity index (χ1n) is 9.32. The number of hydrogen-bond acceptors (Lipinski definition) is 6. The quantitative estimate of drug-likeness (QED) is 0.866. The first kappa shape index (κ1) is 17.8. The van der Waals surface area contributed by atoms with Crippen LogP contribution in [0.1, 0.15) is 30.0 Å². The van der Waals surface area contributed by atoms with Crippen molar-refractivity contribution in [2.45, 2.75) is 44.4 Å². The van der Waals surface area contributed by atoms with Gasteiger partial charge in [-0.25, -0.2) is 4.98 Å². The van der Waals surface area contributed by atoms with Crippen LogP contribution in [-0.2, 0) is 11.3 Å². The zero-order valence-electron chi connectivity index (χ0n) is 15.5. The Bertz CT molecular complexity index is 740. The lowest BCUT2D eigenvalue weighted by Gasteiger charge is -2.38. The summed E-state index contributed by atoms with van der Waals surface area (Å²) in [5.41, 5.74) is 2.35. The summed E-state index contributed by atoms with van der Waals surface area (Å²) in [4.78, 5) is 7.10. The number of methoxy groups -OCH3 is 1. The van der Waals surface area contributed by atoms with Crippen LogP contribution in [0.4, 0.5) is 5.69 Å². The fraction of sp³-hybridized carbons (Fsp3) is 0.550. The van der Waals surface area contributed by atoms with Crippen LogP contribution in [0, 0.1) is 6.92 Å². The highest BCUT2D eigenvalue weighted by Crippen LogP contribution is 2.37. The summed E-state index contributed by atoms with van der Waals surface area (Å²) in [6.07, 6.45) is 3.28. The summed E-state index contributed by atoms with van der Waals surface area (Å²) in [5.74, 6) is 0.884. The van der Waals surface area contributed by atoms with E-state index in [2.05, 4.69) is 33.6 Å². The molecule has 4 rings (SSSR count). The summed E-state index contributed by atoms with van der Waals surface area (Å²) >= 11 is 1.74. The molecule has 2 saturated heterocycles. The van der Waals surface area contributed by atoms with Crippen molar-refractivity contribution in [1.82, 2.24) is 9.88 Å². The third-order valence-electron chi connectivity index (χ3n) is 5.47. The number of hydrogen-bond donors (Lipinski definition) is 1. The Morgan fingerprint density at radius 2 is 2.23 bits per heavy atom. The molecule has 5 nitrogen and oxygen atoms in total. The zero-order chi connectivity index (χ0) is 18.0. The molecule has 1 N–H and O–H groups in total. The van der Waals surface area contributed by atoms with Gasteiger partial charge in [-0.3, -0.25) is 4.90 Å². The fourth-order valence-corrected chi connectivity index (χ4v) is 4.67. The lowest BCUT2D eigenvalue weighted by molar-refractivity contribution is -0.0449. The van der Waals surface area contributed by atoms with Gasteiger partial charge in [-0.15, -0.1) is 11.3 Å². The van der Waals surface area contributed by atoms with E-state index in [1.54, 1.807) is 18.4 Å². The van der Waals surface area contributed by atoms with Gasteiger partial charge in [0.25, 0.3) is 0 Å². The van der Waals surface area contributed by atoms with Gasteiger partial charge in [0.2, 0.25) is 0 Å². The van der Waals surface area contributed by atoms with Gasteiger partial charge in [0.1, 0.15) is 5.75 Å². The van der Waals surface area contributed by atoms with Crippen LogP contribution >= 0.6 is 11.3 Å². The number of aromatic nitrogens is 1. The number of rotatable bonds is 5. The van der Waals surface area contributed by atoms with Crippen LogP contribution < -0.4 is 10.1 Å². The Morgan fingerprint density at radius 1 is 1.38 bits per heavy atom. The molecule has 1 aromatic heterocycles. The molecule has 2 aromatic rings. The van der Waals surface area contributed by atoms with Crippen LogP contribution in [-0.4, -0.2) is 48.3 Å². The number of anilines is 1. The third-order valence-corrected chi connectivity index (χ3v) is 6.29. The topological polar surface area (TPSA) is 46.6 Å². The Hall–Kier alpha value is -1.63. The van der Waals surface area contributed by atoms with Gasteiger partial charge in [-0.2, -0.15) is 0 Å². The predicted octanol–water partition coefficient (Wildman–Crippen LogP) is 3.70. The van der Waals surface area contributed by atoms with Crippen LogP contribution in [0.3, 0.4) is 0 Å². The fourth-order valence-electron chi connectivity index (χ4n) is 4.06. The molecule has 1 atom stereocenters. The first-order valence-corrected chi connectivity index (χ1v) is 10.2. The highest BCUT2D eigenvalue weighted by molar-refractivity contribution is 7.09. The average molecular weight is 374 g/mol. The maximum Gasteiger partial charge on any atom is 0.120 e. The number of piperidine rings is 1. The Morgan fingerprint density at radius 3 is 2.96 bits per heavy atom. The van der Waals surface area contributed by atoms with E-state index in [9.17, 15) is 0 Å². The van der Waals surface area contributed by atoms with E-state index in [1.165, 1.54) is 5.69 Å². The Labute approximate surface area is 159 Å². The second-order valence-corrected chi connectivity index (χ2v) is 8.47. The molecule has 140 valence electrons. The molecule has 0 amide bonds. The molecule has 6 heteroatoms. The molecule has 2 aliphatic heterocycles. The number of aryl methyl sites for hydroxylation is 1. The normalized spacial score (nSPS) is 22.6. The van der Waals surface area contributed by atoms with Crippen molar-refractivity contribution >= 4 is 17.0 Å². The SMILES string of the molecule is COc1cccc(N[C@H]2COC3(CCN(Cc4csc(C)n4)CC3)C2)c1. The minimum Gasteiger partial charge on any atom is -0.497 e. The van der Waals surface area contributed by atoms with Gasteiger partial charge in [0, 0.05) is 36.8 Å². The molecule has 0 saturated carbocycles. The molecule has 2 fully saturated rings. The highest BCUT2D eigenvalue weighted by Gasteiger charge is 2.42. The molecule has 0 aliphatic carbocycles. The molecular formula is C20H27N3O2S. The molecule has 3 heterocycles. The van der Waals surface area contributed by atoms with E-state index in [0.29, 0.717) is 6.04 Å². The van der Waals surface area contributed by atoms with Crippen molar-refractivity contribution in [2.24, 2.45) is 0 Å². The number of nitrogens with one attached hydrogen (secondary N) is 1. The summed E-state index contributed by atoms with van der Waals surface area (Å²) in [6.45, 7) is 5.99. The Kier molecular flexibility index (Phi) is 5.16. The van der Waals surface area contributed by atoms with Crippen LogP contribution in [0.2, 0.25) is 0 Å². The standard InChI is InChI=1S/C20H27N3O2S/c1-15-21-18(14-26-15)12-23-8-6-20(7-9-23)11-17(13-25-20)22-16-4-3-5-19(10-16)24-2/h3-5,10,14,17,22H,6-9,11-13H2,1-2H3/t17-/m1/s1. The second kappa shape index (κ2) is 7.55. The Balaban J connectivity index is 1.29. The smallest absolute Gasteiger partial charge is 0.120 e. The number of likely N-dealkylation sites (tertiary alicyclic amines) is 1. The number of ether oxygens (including phenoxy) is 2. The lowest BCUT2D eigenvalue weighted by atomic mass is 9.87. The predicted molar refractivity (Wildman–Crippen MR) is 105 cm³/mol. The highest BCUT2D eigenvalue weighted by atomic mass is 32.1. The number of benzene rings is 1. The maximum absolute atomic E-state index is 6.29. The van der Waals surface area contributed by atoms with Gasteiger partial charge in [-0.1, -0.05) is 6.07 Å². The van der Waals surface area contributed by atoms with Gasteiger partial charge < -0.3 is 14.8 Å². The van der Waals surface area contributed by atoms with E-state index in [4.69, 9.17) is 9.47 Å². The lowest BCUT2D eigenvalue weighted by Crippen LogP contribution is -2.44. The van der Waals surface area contributed by atoms with E-state index in [1.807, 2.05) is 18.2 Å². The van der Waals surface area contributed by atoms with E-state index in [-0.39, 0.29) is 5.60 Å². The average Bonchev–Trinajstić information content (AvgIpc) is 3.24. The van der Waals surface area contributed by atoms with Crippen molar-refractivity contribution in [1.29, 1.82) is 0 Å². The van der Waals surface area contributed by atoms with Crippen molar-refractivity contribution < 1.29 is 9.47 Å². The minimum absolute atomic E-state index is 0.0467. The molecule has 1 aromatic carbocycles. The largest absolute Gasteiger partial charge is 0.497 e. The molecule has 26 heavy (non-hydrogen) atoms. The summed E-state index contributed by atoms with van der Waals surface area (Å²) in [7, 11) is 1.70. The second-order valence-electron chi connectivity index (χ2n) is 7.41. The van der Waals surface area contributed by atoms with Gasteiger partial charge in [-0.05, 0) is 38.3 Å². The van der Waals surface area contributed by atoms with E-state index in [0.717, 1.165) is 61.9 Å². The van der Waals surface area contributed by atoms with Crippen LogP contribution in [0.25, 0.3) is 0 Å². The molecule has 0 radical (unpaired) electrons. The number of nitrogens with zero attached hydrogens (tertiary/aromatic N) is 2. The summed E-state index contributed by atoms with van der Waals surface area (Å²) < 4.78 is 11.6.